The molecule has 0 spiro atoms. The number of anilines is 2. The van der Waals surface area contributed by atoms with Crippen molar-refractivity contribution in [3.8, 4) is 5.82 Å². The van der Waals surface area contributed by atoms with Crippen molar-refractivity contribution in [1.29, 1.82) is 0 Å². The fourth-order valence-corrected chi connectivity index (χ4v) is 3.42. The second-order valence-corrected chi connectivity index (χ2v) is 7.43. The van der Waals surface area contributed by atoms with E-state index in [9.17, 15) is 9.59 Å². The van der Waals surface area contributed by atoms with Gasteiger partial charge in [-0.2, -0.15) is 5.10 Å². The van der Waals surface area contributed by atoms with Crippen LogP contribution < -0.4 is 10.2 Å². The molecular weight excluding hydrogens is 410 g/mol. The predicted molar refractivity (Wildman–Crippen MR) is 119 cm³/mol. The lowest BCUT2D eigenvalue weighted by Gasteiger charge is -2.28. The van der Waals surface area contributed by atoms with Gasteiger partial charge in [-0.05, 0) is 50.2 Å². The van der Waals surface area contributed by atoms with Crippen molar-refractivity contribution in [3.63, 3.8) is 0 Å². The smallest absolute Gasteiger partial charge is 0.342 e. The van der Waals surface area contributed by atoms with Crippen molar-refractivity contribution in [3.05, 3.63) is 66.1 Å². The lowest BCUT2D eigenvalue weighted by molar-refractivity contribution is -0.123. The number of carbonyl (C=O) groups is 2. The van der Waals surface area contributed by atoms with Crippen LogP contribution in [0.1, 0.15) is 23.0 Å². The number of esters is 1. The quantitative estimate of drug-likeness (QED) is 0.594. The molecule has 1 aliphatic rings. The van der Waals surface area contributed by atoms with Crippen molar-refractivity contribution in [2.45, 2.75) is 20.0 Å². The molecule has 32 heavy (non-hydrogen) atoms. The minimum absolute atomic E-state index is 0.283. The summed E-state index contributed by atoms with van der Waals surface area (Å²) >= 11 is 0. The zero-order valence-electron chi connectivity index (χ0n) is 18.0. The first-order chi connectivity index (χ1) is 15.5. The van der Waals surface area contributed by atoms with Gasteiger partial charge in [0.2, 0.25) is 0 Å². The highest BCUT2D eigenvalue weighted by molar-refractivity contribution is 5.97. The van der Waals surface area contributed by atoms with Crippen LogP contribution in [0.15, 0.2) is 54.9 Å². The number of rotatable bonds is 6. The van der Waals surface area contributed by atoms with Crippen LogP contribution in [0.2, 0.25) is 0 Å². The molecule has 1 aliphatic heterocycles. The zero-order valence-corrected chi connectivity index (χ0v) is 18.0. The van der Waals surface area contributed by atoms with Crippen LogP contribution in [-0.4, -0.2) is 59.0 Å². The summed E-state index contributed by atoms with van der Waals surface area (Å²) in [6, 6.07) is 13.0. The molecule has 1 atom stereocenters. The van der Waals surface area contributed by atoms with Crippen LogP contribution in [-0.2, 0) is 14.3 Å². The first-order valence-corrected chi connectivity index (χ1v) is 10.4. The van der Waals surface area contributed by atoms with Gasteiger partial charge >= 0.3 is 5.97 Å². The van der Waals surface area contributed by atoms with Crippen LogP contribution in [0.4, 0.5) is 11.4 Å². The van der Waals surface area contributed by atoms with Crippen LogP contribution in [0, 0.1) is 6.92 Å². The Morgan fingerprint density at radius 3 is 2.56 bits per heavy atom. The summed E-state index contributed by atoms with van der Waals surface area (Å²) < 4.78 is 12.3. The third kappa shape index (κ3) is 4.78. The van der Waals surface area contributed by atoms with E-state index in [1.807, 2.05) is 30.3 Å². The highest BCUT2D eigenvalue weighted by Crippen LogP contribution is 2.20. The van der Waals surface area contributed by atoms with Crippen LogP contribution in [0.25, 0.3) is 5.82 Å². The standard InChI is InChI=1S/C23H25N5O4/c1-16-20(15-25-28(16)21-5-3-4-10-24-21)23(30)32-17(2)22(29)26-18-6-8-19(9-7-18)27-11-13-31-14-12-27/h3-10,15,17H,11-14H2,1-2H3,(H,26,29). The van der Waals surface area contributed by atoms with Crippen molar-refractivity contribution >= 4 is 23.3 Å². The molecule has 9 heteroatoms. The van der Waals surface area contributed by atoms with Gasteiger partial charge in [0, 0.05) is 30.7 Å². The fourth-order valence-electron chi connectivity index (χ4n) is 3.42. The molecule has 1 N–H and O–H groups in total. The topological polar surface area (TPSA) is 98.6 Å². The molecule has 1 aromatic carbocycles. The van der Waals surface area contributed by atoms with Gasteiger partial charge in [0.15, 0.2) is 11.9 Å². The molecule has 166 valence electrons. The van der Waals surface area contributed by atoms with Crippen molar-refractivity contribution < 1.29 is 19.1 Å². The summed E-state index contributed by atoms with van der Waals surface area (Å²) in [5.41, 5.74) is 2.57. The molecule has 0 radical (unpaired) electrons. The van der Waals surface area contributed by atoms with E-state index in [4.69, 9.17) is 9.47 Å². The van der Waals surface area contributed by atoms with Gasteiger partial charge in [-0.1, -0.05) is 6.07 Å². The molecule has 0 saturated carbocycles. The number of morpholine rings is 1. The lowest BCUT2D eigenvalue weighted by atomic mass is 10.2. The second-order valence-electron chi connectivity index (χ2n) is 7.43. The number of pyridine rings is 1. The van der Waals surface area contributed by atoms with Crippen LogP contribution >= 0.6 is 0 Å². The van der Waals surface area contributed by atoms with Gasteiger partial charge in [-0.25, -0.2) is 14.5 Å². The number of benzene rings is 1. The van der Waals surface area contributed by atoms with Gasteiger partial charge in [0.25, 0.3) is 5.91 Å². The Kier molecular flexibility index (Phi) is 6.46. The molecule has 0 bridgehead atoms. The normalized spacial score (nSPS) is 14.6. The number of aromatic nitrogens is 3. The fraction of sp³-hybridized carbons (Fsp3) is 0.304. The molecular formula is C23H25N5O4. The first kappa shape index (κ1) is 21.5. The van der Waals surface area contributed by atoms with E-state index in [2.05, 4.69) is 20.3 Å². The van der Waals surface area contributed by atoms with E-state index >= 15 is 0 Å². The van der Waals surface area contributed by atoms with Gasteiger partial charge in [-0.15, -0.1) is 0 Å². The molecule has 1 fully saturated rings. The highest BCUT2D eigenvalue weighted by Gasteiger charge is 2.23. The Hall–Kier alpha value is -3.72. The van der Waals surface area contributed by atoms with Gasteiger partial charge in [0.1, 0.15) is 5.56 Å². The van der Waals surface area contributed by atoms with Crippen molar-refractivity contribution in [2.75, 3.05) is 36.5 Å². The average molecular weight is 435 g/mol. The molecule has 1 amide bonds. The number of carbonyl (C=O) groups excluding carboxylic acids is 2. The van der Waals surface area contributed by atoms with E-state index in [1.54, 1.807) is 29.9 Å². The largest absolute Gasteiger partial charge is 0.449 e. The summed E-state index contributed by atoms with van der Waals surface area (Å²) in [4.78, 5) is 31.6. The maximum absolute atomic E-state index is 12.6. The molecule has 1 saturated heterocycles. The summed E-state index contributed by atoms with van der Waals surface area (Å²) in [6.07, 6.45) is 2.09. The Bertz CT molecular complexity index is 1080. The Labute approximate surface area is 186 Å². The van der Waals surface area contributed by atoms with Crippen LogP contribution in [0.3, 0.4) is 0 Å². The summed E-state index contributed by atoms with van der Waals surface area (Å²) in [5, 5.41) is 7.00. The van der Waals surface area contributed by atoms with Gasteiger partial charge < -0.3 is 19.7 Å². The third-order valence-corrected chi connectivity index (χ3v) is 5.26. The maximum Gasteiger partial charge on any atom is 0.342 e. The van der Waals surface area contributed by atoms with E-state index in [0.29, 0.717) is 30.4 Å². The Morgan fingerprint density at radius 1 is 1.12 bits per heavy atom. The minimum Gasteiger partial charge on any atom is -0.449 e. The van der Waals surface area contributed by atoms with E-state index in [-0.39, 0.29) is 5.56 Å². The maximum atomic E-state index is 12.6. The highest BCUT2D eigenvalue weighted by atomic mass is 16.5. The van der Waals surface area contributed by atoms with E-state index in [1.165, 1.54) is 13.1 Å². The summed E-state index contributed by atoms with van der Waals surface area (Å²) in [6.45, 7) is 6.39. The SMILES string of the molecule is Cc1c(C(=O)OC(C)C(=O)Nc2ccc(N3CCOCC3)cc2)cnn1-c1ccccn1. The predicted octanol–water partition coefficient (Wildman–Crippen LogP) is 2.60. The summed E-state index contributed by atoms with van der Waals surface area (Å²) in [7, 11) is 0. The monoisotopic (exact) mass is 435 g/mol. The van der Waals surface area contributed by atoms with E-state index in [0.717, 1.165) is 18.8 Å². The van der Waals surface area contributed by atoms with Crippen molar-refractivity contribution in [1.82, 2.24) is 14.8 Å². The molecule has 9 nitrogen and oxygen atoms in total. The molecule has 4 rings (SSSR count). The zero-order chi connectivity index (χ0) is 22.5. The number of hydrogen-bond donors (Lipinski definition) is 1. The average Bonchev–Trinajstić information content (AvgIpc) is 3.22. The number of hydrogen-bond acceptors (Lipinski definition) is 7. The second kappa shape index (κ2) is 9.61. The Morgan fingerprint density at radius 2 is 1.88 bits per heavy atom. The number of amides is 1. The van der Waals surface area contributed by atoms with Gasteiger partial charge in [0.05, 0.1) is 25.1 Å². The molecule has 0 aliphatic carbocycles. The molecule has 2 aromatic heterocycles. The Balaban J connectivity index is 1.35. The summed E-state index contributed by atoms with van der Waals surface area (Å²) in [5.74, 6) is -0.433. The number of nitrogens with zero attached hydrogens (tertiary/aromatic N) is 4. The third-order valence-electron chi connectivity index (χ3n) is 5.26. The molecule has 3 heterocycles. The van der Waals surface area contributed by atoms with Gasteiger partial charge in [-0.3, -0.25) is 4.79 Å². The minimum atomic E-state index is -0.973. The first-order valence-electron chi connectivity index (χ1n) is 10.4. The number of ether oxygens (including phenoxy) is 2. The van der Waals surface area contributed by atoms with Crippen molar-refractivity contribution in [2.24, 2.45) is 0 Å². The lowest BCUT2D eigenvalue weighted by Crippen LogP contribution is -2.36. The van der Waals surface area contributed by atoms with Crippen LogP contribution in [0.5, 0.6) is 0 Å². The van der Waals surface area contributed by atoms with E-state index < -0.39 is 18.0 Å². The molecule has 1 unspecified atom stereocenters. The molecule has 3 aromatic rings. The number of nitrogens with one attached hydrogen (secondary N) is 1.